The minimum absolute atomic E-state index is 0.0259. The molecule has 6 nitrogen and oxygen atoms in total. The molecule has 158 valence electrons. The molecule has 1 aliphatic carbocycles. The summed E-state index contributed by atoms with van der Waals surface area (Å²) in [7, 11) is 1.79. The van der Waals surface area contributed by atoms with Crippen molar-refractivity contribution in [2.45, 2.75) is 77.4 Å². The van der Waals surface area contributed by atoms with Crippen LogP contribution >= 0.6 is 0 Å². The molecule has 1 amide bonds. The molecular formula is C23H32N2O4. The molecule has 1 unspecified atom stereocenters. The second-order valence-corrected chi connectivity index (χ2v) is 8.96. The summed E-state index contributed by atoms with van der Waals surface area (Å²) in [6.45, 7) is 7.62. The minimum Gasteiger partial charge on any atom is -0.481 e. The molecule has 0 radical (unpaired) electrons. The maximum Gasteiger partial charge on any atom is 0.410 e. The monoisotopic (exact) mass is 400 g/mol. The molecule has 29 heavy (non-hydrogen) atoms. The molecule has 2 heterocycles. The third-order valence-corrected chi connectivity index (χ3v) is 5.71. The van der Waals surface area contributed by atoms with Crippen molar-refractivity contribution >= 4 is 17.6 Å². The Morgan fingerprint density at radius 1 is 1.34 bits per heavy atom. The fourth-order valence-corrected chi connectivity index (χ4v) is 4.37. The topological polar surface area (TPSA) is 71.2 Å². The zero-order valence-corrected chi connectivity index (χ0v) is 18.1. The molecule has 0 saturated heterocycles. The summed E-state index contributed by atoms with van der Waals surface area (Å²) in [5.74, 6) is -1.26. The van der Waals surface area contributed by atoms with E-state index in [1.807, 2.05) is 52.1 Å². The minimum atomic E-state index is -0.765. The van der Waals surface area contributed by atoms with Gasteiger partial charge in [0, 0.05) is 36.9 Å². The molecule has 2 aromatic rings. The fraction of sp³-hybridized carbons (Fsp3) is 0.565. The highest BCUT2D eigenvalue weighted by molar-refractivity contribution is 5.82. The summed E-state index contributed by atoms with van der Waals surface area (Å²) in [5.41, 5.74) is 3.65. The van der Waals surface area contributed by atoms with Crippen LogP contribution in [0.2, 0.25) is 0 Å². The first-order chi connectivity index (χ1) is 13.6. The molecule has 0 aromatic carbocycles. The van der Waals surface area contributed by atoms with Crippen molar-refractivity contribution in [2.75, 3.05) is 7.05 Å². The second kappa shape index (κ2) is 8.09. The van der Waals surface area contributed by atoms with E-state index in [0.29, 0.717) is 12.8 Å². The van der Waals surface area contributed by atoms with Crippen LogP contribution in [-0.4, -0.2) is 45.2 Å². The average molecular weight is 401 g/mol. The lowest BCUT2D eigenvalue weighted by molar-refractivity contribution is -0.139. The number of nitrogens with zero attached hydrogens (tertiary/aromatic N) is 2. The summed E-state index contributed by atoms with van der Waals surface area (Å²) in [6.07, 6.45) is 5.37. The van der Waals surface area contributed by atoms with Gasteiger partial charge in [0.1, 0.15) is 5.60 Å². The summed E-state index contributed by atoms with van der Waals surface area (Å²) in [4.78, 5) is 26.3. The lowest BCUT2D eigenvalue weighted by Gasteiger charge is -2.33. The first kappa shape index (κ1) is 21.2. The average Bonchev–Trinajstić information content (AvgIpc) is 2.97. The molecule has 3 rings (SSSR count). The second-order valence-electron chi connectivity index (χ2n) is 8.96. The highest BCUT2D eigenvalue weighted by atomic mass is 16.6. The van der Waals surface area contributed by atoms with Crippen molar-refractivity contribution < 1.29 is 19.4 Å². The summed E-state index contributed by atoms with van der Waals surface area (Å²) >= 11 is 0. The largest absolute Gasteiger partial charge is 0.481 e. The van der Waals surface area contributed by atoms with E-state index in [-0.39, 0.29) is 12.1 Å². The predicted molar refractivity (Wildman–Crippen MR) is 112 cm³/mol. The van der Waals surface area contributed by atoms with Gasteiger partial charge in [0.05, 0.1) is 5.92 Å². The first-order valence-electron chi connectivity index (χ1n) is 10.4. The normalized spacial score (nSPS) is 17.6. The number of aromatic nitrogens is 1. The van der Waals surface area contributed by atoms with Gasteiger partial charge in [0.25, 0.3) is 0 Å². The first-order valence-corrected chi connectivity index (χ1v) is 10.4. The number of amides is 1. The van der Waals surface area contributed by atoms with Gasteiger partial charge in [-0.1, -0.05) is 19.4 Å². The van der Waals surface area contributed by atoms with Crippen LogP contribution < -0.4 is 0 Å². The van der Waals surface area contributed by atoms with E-state index in [9.17, 15) is 14.7 Å². The number of carbonyl (C=O) groups is 2. The third-order valence-electron chi connectivity index (χ3n) is 5.71. The van der Waals surface area contributed by atoms with Gasteiger partial charge in [-0.15, -0.1) is 0 Å². The van der Waals surface area contributed by atoms with Crippen molar-refractivity contribution in [1.82, 2.24) is 9.30 Å². The van der Waals surface area contributed by atoms with Gasteiger partial charge in [-0.3, -0.25) is 4.79 Å². The third kappa shape index (κ3) is 4.26. The molecule has 6 heteroatoms. The van der Waals surface area contributed by atoms with E-state index in [0.717, 1.165) is 41.6 Å². The number of fused-ring (bicyclic) bond motifs is 3. The molecule has 1 aliphatic rings. The number of hydrogen-bond donors (Lipinski definition) is 1. The summed E-state index contributed by atoms with van der Waals surface area (Å²) in [6, 6.07) is 5.96. The maximum absolute atomic E-state index is 12.5. The Bertz CT molecular complexity index is 909. The molecule has 0 fully saturated rings. The molecule has 2 aromatic heterocycles. The number of carboxylic acids is 1. The smallest absolute Gasteiger partial charge is 0.410 e. The van der Waals surface area contributed by atoms with Gasteiger partial charge < -0.3 is 19.1 Å². The van der Waals surface area contributed by atoms with Crippen LogP contribution in [0.1, 0.15) is 69.7 Å². The number of carboxylic acid groups (broad SMARTS) is 1. The van der Waals surface area contributed by atoms with E-state index in [1.54, 1.807) is 11.9 Å². The zero-order valence-electron chi connectivity index (χ0n) is 18.1. The van der Waals surface area contributed by atoms with Crippen molar-refractivity contribution in [2.24, 2.45) is 0 Å². The van der Waals surface area contributed by atoms with Gasteiger partial charge in [0.15, 0.2) is 0 Å². The lowest BCUT2D eigenvalue weighted by Crippen LogP contribution is -2.43. The van der Waals surface area contributed by atoms with Crippen LogP contribution in [0.25, 0.3) is 5.52 Å². The molecule has 0 aliphatic heterocycles. The molecule has 1 N–H and O–H groups in total. The van der Waals surface area contributed by atoms with E-state index >= 15 is 0 Å². The van der Waals surface area contributed by atoms with Crippen molar-refractivity contribution in [3.05, 3.63) is 41.2 Å². The number of hydrogen-bond acceptors (Lipinski definition) is 3. The predicted octanol–water partition coefficient (Wildman–Crippen LogP) is 4.63. The van der Waals surface area contributed by atoms with E-state index in [2.05, 4.69) is 4.40 Å². The number of ether oxygens (including phenoxy) is 1. The van der Waals surface area contributed by atoms with Crippen LogP contribution in [0.5, 0.6) is 0 Å². The number of likely N-dealkylation sites (N-methyl/N-ethyl adjacent to an activating group) is 1. The van der Waals surface area contributed by atoms with Crippen molar-refractivity contribution in [1.29, 1.82) is 0 Å². The Kier molecular flexibility index (Phi) is 5.92. The van der Waals surface area contributed by atoms with Crippen LogP contribution in [-0.2, 0) is 22.4 Å². The van der Waals surface area contributed by atoms with Crippen molar-refractivity contribution in [3.8, 4) is 0 Å². The fourth-order valence-electron chi connectivity index (χ4n) is 4.37. The molecule has 0 spiro atoms. The SMILES string of the molecule is CCCC(C(=O)O)c1c2c(n3ccccc13)C[C@H](N(C)C(=O)OC(C)(C)C)CC2. The Balaban J connectivity index is 1.98. The van der Waals surface area contributed by atoms with Gasteiger partial charge in [-0.25, -0.2) is 4.79 Å². The van der Waals surface area contributed by atoms with Crippen LogP contribution in [0.3, 0.4) is 0 Å². The van der Waals surface area contributed by atoms with Gasteiger partial charge in [-0.2, -0.15) is 0 Å². The maximum atomic E-state index is 12.5. The highest BCUT2D eigenvalue weighted by Crippen LogP contribution is 2.38. The number of rotatable bonds is 5. The Morgan fingerprint density at radius 3 is 2.69 bits per heavy atom. The molecule has 2 atom stereocenters. The Morgan fingerprint density at radius 2 is 2.07 bits per heavy atom. The number of aliphatic carboxylic acids is 1. The quantitative estimate of drug-likeness (QED) is 0.794. The van der Waals surface area contributed by atoms with E-state index < -0.39 is 17.5 Å². The number of pyridine rings is 1. The summed E-state index contributed by atoms with van der Waals surface area (Å²) in [5, 5.41) is 9.88. The summed E-state index contributed by atoms with van der Waals surface area (Å²) < 4.78 is 7.65. The van der Waals surface area contributed by atoms with Gasteiger partial charge >= 0.3 is 12.1 Å². The lowest BCUT2D eigenvalue weighted by atomic mass is 9.85. The molecular weight excluding hydrogens is 368 g/mol. The van der Waals surface area contributed by atoms with Gasteiger partial charge in [0.2, 0.25) is 0 Å². The number of carbonyl (C=O) groups excluding carboxylic acids is 1. The van der Waals surface area contributed by atoms with E-state index in [4.69, 9.17) is 4.74 Å². The van der Waals surface area contributed by atoms with E-state index in [1.165, 1.54) is 0 Å². The molecule has 0 bridgehead atoms. The van der Waals surface area contributed by atoms with Crippen LogP contribution in [0.15, 0.2) is 24.4 Å². The zero-order chi connectivity index (χ0) is 21.3. The Hall–Kier alpha value is -2.50. The van der Waals surface area contributed by atoms with Gasteiger partial charge in [-0.05, 0) is 63.3 Å². The van der Waals surface area contributed by atoms with Crippen LogP contribution in [0.4, 0.5) is 4.79 Å². The van der Waals surface area contributed by atoms with Crippen LogP contribution in [0, 0.1) is 0 Å². The highest BCUT2D eigenvalue weighted by Gasteiger charge is 2.34. The standard InChI is InChI=1S/C23H32N2O4/c1-6-9-17(21(26)27)20-16-12-11-15(24(5)22(28)29-23(2,3)4)14-19(16)25-13-8-7-10-18(20)25/h7-8,10,13,15,17H,6,9,11-12,14H2,1-5H3,(H,26,27)/t15-,17?/m1/s1. The van der Waals surface area contributed by atoms with Crippen molar-refractivity contribution in [3.63, 3.8) is 0 Å². The molecule has 0 saturated carbocycles. The Labute approximate surface area is 172 Å².